The predicted molar refractivity (Wildman–Crippen MR) is 172 cm³/mol. The molecule has 0 unspecified atom stereocenters. The second kappa shape index (κ2) is 17.2. The zero-order chi connectivity index (χ0) is 33.1. The lowest BCUT2D eigenvalue weighted by Gasteiger charge is -2.36. The summed E-state index contributed by atoms with van der Waals surface area (Å²) in [4.78, 5) is 56.5. The molecule has 1 aromatic heterocycles. The maximum absolute atomic E-state index is 15.5. The highest BCUT2D eigenvalue weighted by Gasteiger charge is 2.33. The fourth-order valence-electron chi connectivity index (χ4n) is 6.22. The molecule has 252 valence electrons. The molecule has 1 aliphatic heterocycles. The molecule has 2 atom stereocenters. The van der Waals surface area contributed by atoms with E-state index in [1.165, 1.54) is 12.1 Å². The third-order valence-electron chi connectivity index (χ3n) is 8.92. The monoisotopic (exact) mass is 641 g/mol. The zero-order valence-electron chi connectivity index (χ0n) is 27.2. The number of ether oxygens (including phenoxy) is 1. The third-order valence-corrected chi connectivity index (χ3v) is 8.92. The number of piperazine rings is 1. The molecule has 2 fully saturated rings. The Balaban J connectivity index is 1.44. The van der Waals surface area contributed by atoms with Crippen LogP contribution in [0.25, 0.3) is 0 Å². The van der Waals surface area contributed by atoms with Crippen LogP contribution in [0.2, 0.25) is 0 Å². The normalized spacial score (nSPS) is 17.3. The first kappa shape index (κ1) is 35.0. The fraction of sp³-hybridized carbons (Fsp3) is 0.606. The van der Waals surface area contributed by atoms with Gasteiger partial charge in [0.1, 0.15) is 23.6 Å². The molecule has 4 amide bonds. The Kier molecular flexibility index (Phi) is 13.1. The van der Waals surface area contributed by atoms with Crippen molar-refractivity contribution in [1.82, 2.24) is 30.2 Å². The highest BCUT2D eigenvalue weighted by molar-refractivity contribution is 6.00. The largest absolute Gasteiger partial charge is 0.383 e. The van der Waals surface area contributed by atoms with Crippen LogP contribution < -0.4 is 16.0 Å². The summed E-state index contributed by atoms with van der Waals surface area (Å²) in [5, 5.41) is 12.5. The number of amides is 4. The van der Waals surface area contributed by atoms with E-state index in [4.69, 9.17) is 4.74 Å². The minimum atomic E-state index is -0.847. The van der Waals surface area contributed by atoms with Crippen molar-refractivity contribution in [3.8, 4) is 0 Å². The van der Waals surface area contributed by atoms with Gasteiger partial charge in [-0.05, 0) is 49.4 Å². The maximum atomic E-state index is 15.5. The number of halogens is 1. The van der Waals surface area contributed by atoms with Gasteiger partial charge in [-0.15, -0.1) is 0 Å². The summed E-state index contributed by atoms with van der Waals surface area (Å²) in [6.45, 7) is 7.97. The minimum Gasteiger partial charge on any atom is -0.383 e. The van der Waals surface area contributed by atoms with Gasteiger partial charge >= 0.3 is 0 Å². The van der Waals surface area contributed by atoms with E-state index >= 15 is 4.39 Å². The summed E-state index contributed by atoms with van der Waals surface area (Å²) in [5.41, 5.74) is 0.850. The van der Waals surface area contributed by atoms with E-state index in [9.17, 15) is 19.2 Å². The van der Waals surface area contributed by atoms with Gasteiger partial charge in [-0.2, -0.15) is 5.10 Å². The topological polar surface area (TPSA) is 138 Å². The summed E-state index contributed by atoms with van der Waals surface area (Å²) < 4.78 is 22.2. The van der Waals surface area contributed by atoms with Crippen LogP contribution in [-0.4, -0.2) is 102 Å². The summed E-state index contributed by atoms with van der Waals surface area (Å²) in [7, 11) is 1.66. The number of hydrogen-bond donors (Lipinski definition) is 3. The Morgan fingerprint density at radius 1 is 1.02 bits per heavy atom. The quantitative estimate of drug-likeness (QED) is 0.288. The Bertz CT molecular complexity index is 1340. The molecule has 3 N–H and O–H groups in total. The molecular formula is C33H48FN7O5. The van der Waals surface area contributed by atoms with E-state index in [2.05, 4.69) is 25.9 Å². The van der Waals surface area contributed by atoms with Crippen molar-refractivity contribution in [2.45, 2.75) is 77.4 Å². The number of aromatic nitrogens is 2. The molecule has 1 aliphatic carbocycles. The van der Waals surface area contributed by atoms with Gasteiger partial charge in [-0.3, -0.25) is 28.8 Å². The van der Waals surface area contributed by atoms with Crippen molar-refractivity contribution in [1.29, 1.82) is 0 Å². The molecule has 12 nitrogen and oxygen atoms in total. The smallest absolute Gasteiger partial charge is 0.270 e. The van der Waals surface area contributed by atoms with Crippen molar-refractivity contribution in [3.63, 3.8) is 0 Å². The van der Waals surface area contributed by atoms with Crippen LogP contribution in [0.1, 0.15) is 68.4 Å². The van der Waals surface area contributed by atoms with Crippen molar-refractivity contribution in [2.75, 3.05) is 51.8 Å². The predicted octanol–water partition coefficient (Wildman–Crippen LogP) is 2.59. The maximum Gasteiger partial charge on any atom is 0.270 e. The van der Waals surface area contributed by atoms with Crippen molar-refractivity contribution >= 4 is 29.3 Å². The first-order valence-corrected chi connectivity index (χ1v) is 16.4. The molecular weight excluding hydrogens is 593 g/mol. The van der Waals surface area contributed by atoms with Crippen molar-refractivity contribution in [3.05, 3.63) is 47.5 Å². The molecule has 1 saturated heterocycles. The number of hydrogen-bond acceptors (Lipinski definition) is 7. The molecule has 2 aromatic rings. The lowest BCUT2D eigenvalue weighted by Crippen LogP contribution is -2.55. The first-order valence-electron chi connectivity index (χ1n) is 16.4. The molecule has 13 heteroatoms. The lowest BCUT2D eigenvalue weighted by molar-refractivity contribution is -0.138. The van der Waals surface area contributed by atoms with Crippen LogP contribution in [0.4, 0.5) is 10.1 Å². The Morgan fingerprint density at radius 3 is 2.41 bits per heavy atom. The number of methoxy groups -OCH3 is 1. The van der Waals surface area contributed by atoms with E-state index in [0.717, 1.165) is 38.6 Å². The standard InChI is InChI=1S/C33H48FN7O5/c1-4-29(42)36-27(33(45)40-17-15-39(16-18-40)19-20-46-3)22-23-11-12-26(25(34)21-23)37-32(44)30(24-9-7-6-8-10-24)38-31(43)28-13-14-35-41(28)5-2/h11-14,21,24,27,30H,4-10,15-20,22H2,1-3H3,(H,36,42)(H,37,44)(H,38,43)/t27-,30+/m1/s1. The van der Waals surface area contributed by atoms with Crippen molar-refractivity contribution < 1.29 is 28.3 Å². The lowest BCUT2D eigenvalue weighted by atomic mass is 9.83. The van der Waals surface area contributed by atoms with Gasteiger partial charge in [0.15, 0.2) is 0 Å². The summed E-state index contributed by atoms with van der Waals surface area (Å²) in [5.74, 6) is -2.09. The van der Waals surface area contributed by atoms with Gasteiger partial charge in [0.05, 0.1) is 12.3 Å². The molecule has 4 rings (SSSR count). The van der Waals surface area contributed by atoms with Crippen LogP contribution in [0.3, 0.4) is 0 Å². The summed E-state index contributed by atoms with van der Waals surface area (Å²) in [6.07, 6.45) is 6.42. The number of nitrogens with zero attached hydrogens (tertiary/aromatic N) is 4. The van der Waals surface area contributed by atoms with Gasteiger partial charge in [0.25, 0.3) is 5.91 Å². The molecule has 1 aromatic carbocycles. The van der Waals surface area contributed by atoms with Crippen LogP contribution in [0.5, 0.6) is 0 Å². The second-order valence-electron chi connectivity index (χ2n) is 12.0. The van der Waals surface area contributed by atoms with Gasteiger partial charge in [0.2, 0.25) is 17.7 Å². The van der Waals surface area contributed by atoms with Crippen LogP contribution >= 0.6 is 0 Å². The summed E-state index contributed by atoms with van der Waals surface area (Å²) in [6, 6.07) is 4.32. The van der Waals surface area contributed by atoms with Crippen LogP contribution in [0, 0.1) is 11.7 Å². The van der Waals surface area contributed by atoms with Crippen molar-refractivity contribution in [2.24, 2.45) is 5.92 Å². The first-order chi connectivity index (χ1) is 22.2. The average molecular weight is 642 g/mol. The number of carbonyl (C=O) groups excluding carboxylic acids is 4. The number of nitrogens with one attached hydrogen (secondary N) is 3. The number of aryl methyl sites for hydroxylation is 1. The minimum absolute atomic E-state index is 0.0185. The highest BCUT2D eigenvalue weighted by Crippen LogP contribution is 2.28. The molecule has 0 spiro atoms. The van der Waals surface area contributed by atoms with Gasteiger partial charge < -0.3 is 25.6 Å². The average Bonchev–Trinajstić information content (AvgIpc) is 3.56. The molecule has 0 bridgehead atoms. The zero-order valence-corrected chi connectivity index (χ0v) is 27.2. The third kappa shape index (κ3) is 9.35. The Morgan fingerprint density at radius 2 is 1.76 bits per heavy atom. The Hall–Kier alpha value is -3.84. The van der Waals surface area contributed by atoms with Gasteiger partial charge in [-0.1, -0.05) is 32.3 Å². The molecule has 2 aliphatic rings. The highest BCUT2D eigenvalue weighted by atomic mass is 19.1. The Labute approximate surface area is 270 Å². The van der Waals surface area contributed by atoms with Gasteiger partial charge in [-0.25, -0.2) is 4.39 Å². The second-order valence-corrected chi connectivity index (χ2v) is 12.0. The van der Waals surface area contributed by atoms with E-state index in [1.54, 1.807) is 41.9 Å². The fourth-order valence-corrected chi connectivity index (χ4v) is 6.22. The molecule has 2 heterocycles. The van der Waals surface area contributed by atoms with E-state index < -0.39 is 29.7 Å². The van der Waals surface area contributed by atoms with Crippen LogP contribution in [-0.2, 0) is 32.1 Å². The molecule has 1 saturated carbocycles. The van der Waals surface area contributed by atoms with E-state index in [-0.39, 0.29) is 36.3 Å². The number of anilines is 1. The summed E-state index contributed by atoms with van der Waals surface area (Å²) >= 11 is 0. The SMILES string of the molecule is CCC(=O)N[C@H](Cc1ccc(NC(=O)[C@@H](NC(=O)c2ccnn2CC)C2CCCCC2)c(F)c1)C(=O)N1CCN(CCOC)CC1. The molecule has 0 radical (unpaired) electrons. The molecule has 46 heavy (non-hydrogen) atoms. The number of carbonyl (C=O) groups is 4. The number of benzene rings is 1. The van der Waals surface area contributed by atoms with Crippen LogP contribution in [0.15, 0.2) is 30.5 Å². The van der Waals surface area contributed by atoms with E-state index in [0.29, 0.717) is 50.6 Å². The van der Waals surface area contributed by atoms with Gasteiger partial charge in [0, 0.05) is 65.4 Å². The van der Waals surface area contributed by atoms with E-state index in [1.807, 2.05) is 6.92 Å². The number of rotatable bonds is 14.